The van der Waals surface area contributed by atoms with Gasteiger partial charge in [0.2, 0.25) is 5.91 Å². The van der Waals surface area contributed by atoms with Gasteiger partial charge in [0.25, 0.3) is 0 Å². The molecule has 0 radical (unpaired) electrons. The Kier molecular flexibility index (Phi) is 2.95. The highest BCUT2D eigenvalue weighted by Gasteiger charge is 2.37. The Bertz CT molecular complexity index is 424. The molecule has 1 aliphatic heterocycles. The van der Waals surface area contributed by atoms with Crippen LogP contribution in [0.5, 0.6) is 0 Å². The summed E-state index contributed by atoms with van der Waals surface area (Å²) in [6, 6.07) is -0.596. The van der Waals surface area contributed by atoms with Crippen LogP contribution in [0.1, 0.15) is 38.3 Å². The maximum atomic E-state index is 12.3. The summed E-state index contributed by atoms with van der Waals surface area (Å²) in [5.41, 5.74) is 6.71. The molecule has 1 fully saturated rings. The van der Waals surface area contributed by atoms with Crippen LogP contribution in [0.2, 0.25) is 0 Å². The van der Waals surface area contributed by atoms with Gasteiger partial charge in [-0.1, -0.05) is 0 Å². The molecule has 0 aliphatic carbocycles. The largest absolute Gasteiger partial charge is 0.336 e. The fourth-order valence-electron chi connectivity index (χ4n) is 2.43. The third kappa shape index (κ3) is 2.20. The zero-order chi connectivity index (χ0) is 12.6. The fraction of sp³-hybridized carbons (Fsp3) is 0.667. The molecule has 1 amide bonds. The van der Waals surface area contributed by atoms with Gasteiger partial charge in [0.15, 0.2) is 0 Å². The maximum Gasteiger partial charge on any atom is 0.244 e. The minimum absolute atomic E-state index is 0.000463. The molecule has 0 bridgehead atoms. The van der Waals surface area contributed by atoms with Gasteiger partial charge in [-0.3, -0.25) is 9.48 Å². The second kappa shape index (κ2) is 4.14. The van der Waals surface area contributed by atoms with Gasteiger partial charge in [-0.2, -0.15) is 5.10 Å². The Morgan fingerprint density at radius 1 is 1.59 bits per heavy atom. The van der Waals surface area contributed by atoms with Crippen molar-refractivity contribution in [1.29, 1.82) is 0 Å². The van der Waals surface area contributed by atoms with Crippen molar-refractivity contribution in [2.24, 2.45) is 12.8 Å². The minimum atomic E-state index is -0.596. The highest BCUT2D eigenvalue weighted by molar-refractivity contribution is 5.83. The molecule has 0 saturated carbocycles. The molecule has 17 heavy (non-hydrogen) atoms. The van der Waals surface area contributed by atoms with E-state index in [0.29, 0.717) is 0 Å². The predicted molar refractivity (Wildman–Crippen MR) is 65.2 cm³/mol. The molecule has 1 saturated heterocycles. The first-order chi connectivity index (χ1) is 7.92. The fourth-order valence-corrected chi connectivity index (χ4v) is 2.43. The molecule has 5 heteroatoms. The Morgan fingerprint density at radius 2 is 2.29 bits per heavy atom. The number of rotatable bonds is 2. The van der Waals surface area contributed by atoms with Crippen molar-refractivity contribution in [1.82, 2.24) is 14.7 Å². The first-order valence-electron chi connectivity index (χ1n) is 5.97. The van der Waals surface area contributed by atoms with Crippen molar-refractivity contribution in [3.05, 3.63) is 18.0 Å². The van der Waals surface area contributed by atoms with Crippen LogP contribution in [0, 0.1) is 0 Å². The summed E-state index contributed by atoms with van der Waals surface area (Å²) >= 11 is 0. The van der Waals surface area contributed by atoms with Gasteiger partial charge in [0.1, 0.15) is 6.04 Å². The van der Waals surface area contributed by atoms with Crippen molar-refractivity contribution in [2.75, 3.05) is 6.54 Å². The summed E-state index contributed by atoms with van der Waals surface area (Å²) in [6.07, 6.45) is 5.55. The lowest BCUT2D eigenvalue weighted by atomic mass is 10.0. The number of amides is 1. The predicted octanol–water partition coefficient (Wildman–Crippen LogP) is 0.821. The average Bonchev–Trinajstić information content (AvgIpc) is 2.82. The van der Waals surface area contributed by atoms with Crippen LogP contribution in [0.25, 0.3) is 0 Å². The summed E-state index contributed by atoms with van der Waals surface area (Å²) in [7, 11) is 1.82. The van der Waals surface area contributed by atoms with Crippen LogP contribution in [-0.4, -0.2) is 32.7 Å². The van der Waals surface area contributed by atoms with Gasteiger partial charge in [0, 0.05) is 30.9 Å². The number of carbonyl (C=O) groups excluding carboxylic acids is 1. The topological polar surface area (TPSA) is 64.2 Å². The third-order valence-electron chi connectivity index (χ3n) is 3.52. The van der Waals surface area contributed by atoms with E-state index in [0.717, 1.165) is 24.9 Å². The van der Waals surface area contributed by atoms with E-state index in [2.05, 4.69) is 18.9 Å². The summed E-state index contributed by atoms with van der Waals surface area (Å²) in [4.78, 5) is 14.2. The van der Waals surface area contributed by atoms with Crippen LogP contribution < -0.4 is 5.73 Å². The Morgan fingerprint density at radius 3 is 2.76 bits per heavy atom. The van der Waals surface area contributed by atoms with Gasteiger partial charge in [0.05, 0.1) is 6.20 Å². The average molecular weight is 236 g/mol. The summed E-state index contributed by atoms with van der Waals surface area (Å²) in [5, 5.41) is 4.05. The van der Waals surface area contributed by atoms with E-state index in [9.17, 15) is 4.79 Å². The van der Waals surface area contributed by atoms with E-state index in [1.54, 1.807) is 17.1 Å². The lowest BCUT2D eigenvalue weighted by molar-refractivity contribution is -0.135. The monoisotopic (exact) mass is 236 g/mol. The van der Waals surface area contributed by atoms with Gasteiger partial charge in [-0.25, -0.2) is 0 Å². The number of hydrogen-bond acceptors (Lipinski definition) is 3. The minimum Gasteiger partial charge on any atom is -0.336 e. The number of nitrogens with two attached hydrogens (primary N) is 1. The number of aryl methyl sites for hydroxylation is 1. The van der Waals surface area contributed by atoms with E-state index >= 15 is 0 Å². The Labute approximate surface area is 102 Å². The van der Waals surface area contributed by atoms with Crippen LogP contribution >= 0.6 is 0 Å². The molecular formula is C12H20N4O. The molecule has 0 spiro atoms. The second-order valence-corrected chi connectivity index (χ2v) is 5.33. The van der Waals surface area contributed by atoms with Crippen molar-refractivity contribution in [3.8, 4) is 0 Å². The van der Waals surface area contributed by atoms with E-state index in [-0.39, 0.29) is 11.4 Å². The summed E-state index contributed by atoms with van der Waals surface area (Å²) in [6.45, 7) is 4.99. The summed E-state index contributed by atoms with van der Waals surface area (Å²) < 4.78 is 1.66. The first-order valence-corrected chi connectivity index (χ1v) is 5.97. The van der Waals surface area contributed by atoms with E-state index in [1.165, 1.54) is 0 Å². The smallest absolute Gasteiger partial charge is 0.244 e. The molecule has 1 atom stereocenters. The van der Waals surface area contributed by atoms with Crippen molar-refractivity contribution in [2.45, 2.75) is 38.3 Å². The molecule has 2 heterocycles. The molecule has 1 aromatic rings. The van der Waals surface area contributed by atoms with Crippen molar-refractivity contribution >= 4 is 5.91 Å². The third-order valence-corrected chi connectivity index (χ3v) is 3.52. The van der Waals surface area contributed by atoms with Gasteiger partial charge < -0.3 is 10.6 Å². The summed E-state index contributed by atoms with van der Waals surface area (Å²) in [5.74, 6) is 0.000463. The first kappa shape index (κ1) is 12.1. The number of hydrogen-bond donors (Lipinski definition) is 1. The Balaban J connectivity index is 2.15. The second-order valence-electron chi connectivity index (χ2n) is 5.33. The lowest BCUT2D eigenvalue weighted by Gasteiger charge is -2.33. The highest BCUT2D eigenvalue weighted by atomic mass is 16.2. The molecule has 2 rings (SSSR count). The molecule has 5 nitrogen and oxygen atoms in total. The van der Waals surface area contributed by atoms with Gasteiger partial charge in [-0.05, 0) is 26.7 Å². The number of likely N-dealkylation sites (tertiary alicyclic amines) is 1. The van der Waals surface area contributed by atoms with E-state index in [1.807, 2.05) is 11.9 Å². The molecule has 1 aliphatic rings. The quantitative estimate of drug-likeness (QED) is 0.827. The normalized spacial score (nSPS) is 20.6. The van der Waals surface area contributed by atoms with E-state index < -0.39 is 6.04 Å². The van der Waals surface area contributed by atoms with Gasteiger partial charge >= 0.3 is 0 Å². The van der Waals surface area contributed by atoms with Gasteiger partial charge in [-0.15, -0.1) is 0 Å². The molecule has 1 unspecified atom stereocenters. The molecule has 0 aromatic carbocycles. The van der Waals surface area contributed by atoms with E-state index in [4.69, 9.17) is 5.73 Å². The molecule has 2 N–H and O–H groups in total. The number of nitrogens with zero attached hydrogens (tertiary/aromatic N) is 3. The van der Waals surface area contributed by atoms with Crippen LogP contribution in [0.4, 0.5) is 0 Å². The highest BCUT2D eigenvalue weighted by Crippen LogP contribution is 2.30. The molecular weight excluding hydrogens is 216 g/mol. The van der Waals surface area contributed by atoms with Crippen molar-refractivity contribution < 1.29 is 4.79 Å². The lowest BCUT2D eigenvalue weighted by Crippen LogP contribution is -2.46. The zero-order valence-corrected chi connectivity index (χ0v) is 10.7. The Hall–Kier alpha value is -1.36. The molecule has 94 valence electrons. The number of aromatic nitrogens is 2. The van der Waals surface area contributed by atoms with Crippen LogP contribution in [0.3, 0.4) is 0 Å². The van der Waals surface area contributed by atoms with Crippen LogP contribution in [0.15, 0.2) is 12.4 Å². The van der Waals surface area contributed by atoms with Crippen molar-refractivity contribution in [3.63, 3.8) is 0 Å². The van der Waals surface area contributed by atoms with Crippen LogP contribution in [-0.2, 0) is 11.8 Å². The SMILES string of the molecule is Cn1cc(C(N)C(=O)N2CCCC2(C)C)cn1. The zero-order valence-electron chi connectivity index (χ0n) is 10.7. The maximum absolute atomic E-state index is 12.3. The standard InChI is InChI=1S/C12H20N4O/c1-12(2)5-4-6-16(12)11(17)10(13)9-7-14-15(3)8-9/h7-8,10H,4-6,13H2,1-3H3. The number of carbonyl (C=O) groups is 1. The molecule has 1 aromatic heterocycles.